The number of rotatable bonds is 3. The van der Waals surface area contributed by atoms with Crippen molar-refractivity contribution >= 4 is 49.1 Å². The third-order valence-electron chi connectivity index (χ3n) is 7.10. The van der Waals surface area contributed by atoms with E-state index in [9.17, 15) is 9.90 Å². The highest BCUT2D eigenvalue weighted by Gasteiger charge is 2.22. The number of fused-ring (bicyclic) bond motifs is 2. The SMILES string of the molecule is CC(C)(C)c1cc2cc(C(C)(C)C)cc3c4ccc(CCC(=O)O)c5cccc(c(c1)c23)c54. The maximum Gasteiger partial charge on any atom is 0.303 e. The maximum absolute atomic E-state index is 11.3. The fraction of sp³-hybridized carbons (Fsp3) is 0.323. The molecule has 0 aliphatic rings. The van der Waals surface area contributed by atoms with Crippen LogP contribution in [-0.4, -0.2) is 11.1 Å². The van der Waals surface area contributed by atoms with E-state index in [1.54, 1.807) is 0 Å². The Morgan fingerprint density at radius 3 is 1.79 bits per heavy atom. The molecule has 5 aromatic carbocycles. The highest BCUT2D eigenvalue weighted by Crippen LogP contribution is 2.44. The van der Waals surface area contributed by atoms with Gasteiger partial charge in [0.15, 0.2) is 0 Å². The van der Waals surface area contributed by atoms with Crippen molar-refractivity contribution in [1.82, 2.24) is 0 Å². The Kier molecular flexibility index (Phi) is 4.72. The van der Waals surface area contributed by atoms with E-state index in [0.717, 1.165) is 5.56 Å². The molecule has 0 spiro atoms. The van der Waals surface area contributed by atoms with Crippen molar-refractivity contribution in [3.05, 3.63) is 71.3 Å². The van der Waals surface area contributed by atoms with Gasteiger partial charge in [-0.15, -0.1) is 0 Å². The van der Waals surface area contributed by atoms with Crippen molar-refractivity contribution in [2.75, 3.05) is 0 Å². The van der Waals surface area contributed by atoms with Crippen molar-refractivity contribution in [2.24, 2.45) is 0 Å². The molecule has 33 heavy (non-hydrogen) atoms. The Morgan fingerprint density at radius 2 is 1.24 bits per heavy atom. The zero-order chi connectivity index (χ0) is 23.7. The first-order chi connectivity index (χ1) is 15.4. The zero-order valence-corrected chi connectivity index (χ0v) is 20.5. The average Bonchev–Trinajstić information content (AvgIpc) is 2.73. The zero-order valence-electron chi connectivity index (χ0n) is 20.5. The average molecular weight is 437 g/mol. The first-order valence-corrected chi connectivity index (χ1v) is 11.8. The van der Waals surface area contributed by atoms with Crippen LogP contribution < -0.4 is 0 Å². The lowest BCUT2D eigenvalue weighted by atomic mass is 9.79. The molecular formula is C31H32O2. The summed E-state index contributed by atoms with van der Waals surface area (Å²) in [6, 6.07) is 20.4. The van der Waals surface area contributed by atoms with E-state index in [2.05, 4.69) is 96.1 Å². The molecule has 0 saturated heterocycles. The number of benzene rings is 5. The summed E-state index contributed by atoms with van der Waals surface area (Å²) in [5, 5.41) is 19.4. The molecule has 2 heteroatoms. The number of hydrogen-bond donors (Lipinski definition) is 1. The lowest BCUT2D eigenvalue weighted by molar-refractivity contribution is -0.136. The fourth-order valence-corrected chi connectivity index (χ4v) is 5.18. The summed E-state index contributed by atoms with van der Waals surface area (Å²) in [5.74, 6) is -0.754. The van der Waals surface area contributed by atoms with Crippen LogP contribution in [0.15, 0.2) is 54.6 Å². The minimum Gasteiger partial charge on any atom is -0.481 e. The molecule has 2 nitrogen and oxygen atoms in total. The van der Waals surface area contributed by atoms with Crippen molar-refractivity contribution in [1.29, 1.82) is 0 Å². The summed E-state index contributed by atoms with van der Waals surface area (Å²) >= 11 is 0. The second-order valence-corrected chi connectivity index (χ2v) is 11.5. The Hall–Kier alpha value is -3.13. The van der Waals surface area contributed by atoms with Gasteiger partial charge in [-0.05, 0) is 89.2 Å². The van der Waals surface area contributed by atoms with Gasteiger partial charge in [0, 0.05) is 6.42 Å². The molecule has 0 aliphatic carbocycles. The smallest absolute Gasteiger partial charge is 0.303 e. The van der Waals surface area contributed by atoms with E-state index in [4.69, 9.17) is 0 Å². The molecule has 0 amide bonds. The number of hydrogen-bond acceptors (Lipinski definition) is 1. The van der Waals surface area contributed by atoms with E-state index in [-0.39, 0.29) is 17.3 Å². The van der Waals surface area contributed by atoms with E-state index in [0.29, 0.717) is 6.42 Å². The van der Waals surface area contributed by atoms with Gasteiger partial charge in [0.05, 0.1) is 0 Å². The van der Waals surface area contributed by atoms with Gasteiger partial charge in [-0.3, -0.25) is 4.79 Å². The quantitative estimate of drug-likeness (QED) is 0.228. The minimum absolute atomic E-state index is 0.0418. The molecule has 0 radical (unpaired) electrons. The van der Waals surface area contributed by atoms with Gasteiger partial charge in [-0.1, -0.05) is 84.0 Å². The third kappa shape index (κ3) is 3.53. The highest BCUT2D eigenvalue weighted by molar-refractivity contribution is 6.33. The van der Waals surface area contributed by atoms with Crippen LogP contribution in [0.3, 0.4) is 0 Å². The summed E-state index contributed by atoms with van der Waals surface area (Å²) in [7, 11) is 0. The number of carboxylic acid groups (broad SMARTS) is 1. The number of carboxylic acids is 1. The van der Waals surface area contributed by atoms with Gasteiger partial charge >= 0.3 is 5.97 Å². The summed E-state index contributed by atoms with van der Waals surface area (Å²) in [6.45, 7) is 13.6. The molecule has 0 aliphatic heterocycles. The van der Waals surface area contributed by atoms with Crippen molar-refractivity contribution in [3.8, 4) is 0 Å². The van der Waals surface area contributed by atoms with E-state index in [1.165, 1.54) is 54.2 Å². The molecule has 168 valence electrons. The minimum atomic E-state index is -0.754. The molecule has 5 rings (SSSR count). The van der Waals surface area contributed by atoms with E-state index < -0.39 is 5.97 Å². The van der Waals surface area contributed by atoms with Crippen LogP contribution in [0.25, 0.3) is 43.1 Å². The summed E-state index contributed by atoms with van der Waals surface area (Å²) in [6.07, 6.45) is 0.690. The molecule has 1 N–H and O–H groups in total. The second kappa shape index (κ2) is 7.18. The monoisotopic (exact) mass is 436 g/mol. The van der Waals surface area contributed by atoms with Gasteiger partial charge in [0.2, 0.25) is 0 Å². The summed E-state index contributed by atoms with van der Waals surface area (Å²) < 4.78 is 0. The molecule has 0 fully saturated rings. The Morgan fingerprint density at radius 1 is 0.697 bits per heavy atom. The van der Waals surface area contributed by atoms with Crippen LogP contribution >= 0.6 is 0 Å². The standard InChI is InChI=1S/C31H32O2/c1-30(2,3)20-14-19-15-21(31(4,5)6)17-26-24-12-10-18(11-13-27(32)33)22-8-7-9-23(29(22)24)25(16-20)28(19)26/h7-10,12,14-17H,11,13H2,1-6H3,(H,32,33). The van der Waals surface area contributed by atoms with Crippen LogP contribution in [0.1, 0.15) is 64.7 Å². The highest BCUT2D eigenvalue weighted by atomic mass is 16.4. The largest absolute Gasteiger partial charge is 0.481 e. The predicted molar refractivity (Wildman–Crippen MR) is 141 cm³/mol. The van der Waals surface area contributed by atoms with Crippen LogP contribution in [0.2, 0.25) is 0 Å². The Balaban J connectivity index is 2.00. The van der Waals surface area contributed by atoms with Crippen LogP contribution in [0, 0.1) is 0 Å². The predicted octanol–water partition coefficient (Wildman–Crippen LogP) is 8.35. The number of carbonyl (C=O) groups is 1. The molecule has 0 heterocycles. The number of aliphatic carboxylic acids is 1. The van der Waals surface area contributed by atoms with E-state index in [1.807, 2.05) is 0 Å². The molecule has 0 bridgehead atoms. The van der Waals surface area contributed by atoms with Crippen molar-refractivity contribution in [3.63, 3.8) is 0 Å². The molecule has 0 aromatic heterocycles. The van der Waals surface area contributed by atoms with Gasteiger partial charge in [-0.25, -0.2) is 0 Å². The first kappa shape index (κ1) is 21.7. The molecule has 0 unspecified atom stereocenters. The second-order valence-electron chi connectivity index (χ2n) is 11.5. The first-order valence-electron chi connectivity index (χ1n) is 11.8. The van der Waals surface area contributed by atoms with Gasteiger partial charge in [0.1, 0.15) is 0 Å². The lowest BCUT2D eigenvalue weighted by Crippen LogP contribution is -2.12. The molecular weight excluding hydrogens is 404 g/mol. The van der Waals surface area contributed by atoms with Crippen molar-refractivity contribution < 1.29 is 9.90 Å². The van der Waals surface area contributed by atoms with Crippen molar-refractivity contribution in [2.45, 2.75) is 65.2 Å². The van der Waals surface area contributed by atoms with Crippen LogP contribution in [-0.2, 0) is 22.0 Å². The Bertz CT molecular complexity index is 1470. The number of aryl methyl sites for hydroxylation is 1. The Labute approximate surface area is 195 Å². The lowest BCUT2D eigenvalue weighted by Gasteiger charge is -2.25. The third-order valence-corrected chi connectivity index (χ3v) is 7.10. The molecule has 0 saturated carbocycles. The van der Waals surface area contributed by atoms with Gasteiger partial charge in [-0.2, -0.15) is 0 Å². The normalized spacial score (nSPS) is 13.0. The molecule has 0 atom stereocenters. The maximum atomic E-state index is 11.3. The summed E-state index contributed by atoms with van der Waals surface area (Å²) in [5.41, 5.74) is 3.87. The fourth-order valence-electron chi connectivity index (χ4n) is 5.18. The molecule has 5 aromatic rings. The topological polar surface area (TPSA) is 37.3 Å². The van der Waals surface area contributed by atoms with Crippen LogP contribution in [0.4, 0.5) is 0 Å². The van der Waals surface area contributed by atoms with Gasteiger partial charge < -0.3 is 5.11 Å². The van der Waals surface area contributed by atoms with Gasteiger partial charge in [0.25, 0.3) is 0 Å². The van der Waals surface area contributed by atoms with E-state index >= 15 is 0 Å². The van der Waals surface area contributed by atoms with Crippen LogP contribution in [0.5, 0.6) is 0 Å². The summed E-state index contributed by atoms with van der Waals surface area (Å²) in [4.78, 5) is 11.3.